The number of fused-ring (bicyclic) bond motifs is 1. The van der Waals surface area contributed by atoms with E-state index in [2.05, 4.69) is 42.2 Å². The van der Waals surface area contributed by atoms with Gasteiger partial charge in [0.15, 0.2) is 0 Å². The zero-order valence-corrected chi connectivity index (χ0v) is 11.8. The molecule has 0 aliphatic rings. The fourth-order valence-electron chi connectivity index (χ4n) is 2.57. The van der Waals surface area contributed by atoms with E-state index in [9.17, 15) is 5.26 Å². The minimum atomic E-state index is 0.672. The minimum absolute atomic E-state index is 0.672. The van der Waals surface area contributed by atoms with Crippen LogP contribution in [0.1, 0.15) is 22.4 Å². The molecule has 0 aliphatic carbocycles. The number of nitrogens with zero attached hydrogens (tertiary/aromatic N) is 3. The first-order valence-corrected chi connectivity index (χ1v) is 6.56. The number of hydrogen-bond donors (Lipinski definition) is 0. The molecule has 0 spiro atoms. The lowest BCUT2D eigenvalue weighted by molar-refractivity contribution is 1.07. The zero-order valence-electron chi connectivity index (χ0n) is 11.8. The van der Waals surface area contributed by atoms with Crippen LogP contribution in [0.25, 0.3) is 16.7 Å². The molecule has 0 saturated carbocycles. The van der Waals surface area contributed by atoms with Crippen molar-refractivity contribution < 1.29 is 0 Å². The van der Waals surface area contributed by atoms with Gasteiger partial charge in [0.05, 0.1) is 5.56 Å². The van der Waals surface area contributed by atoms with Gasteiger partial charge < -0.3 is 0 Å². The maximum Gasteiger partial charge on any atom is 0.146 e. The zero-order chi connectivity index (χ0) is 14.3. The quantitative estimate of drug-likeness (QED) is 0.668. The number of nitriles is 1. The molecular formula is C17H15N3. The van der Waals surface area contributed by atoms with Crippen LogP contribution in [0.4, 0.5) is 0 Å². The van der Waals surface area contributed by atoms with Crippen molar-refractivity contribution in [1.29, 1.82) is 5.26 Å². The summed E-state index contributed by atoms with van der Waals surface area (Å²) in [7, 11) is 0. The van der Waals surface area contributed by atoms with E-state index in [-0.39, 0.29) is 0 Å². The van der Waals surface area contributed by atoms with E-state index >= 15 is 0 Å². The van der Waals surface area contributed by atoms with E-state index in [1.807, 2.05) is 30.7 Å². The first-order valence-electron chi connectivity index (χ1n) is 6.56. The molecule has 0 fully saturated rings. The Morgan fingerprint density at radius 2 is 1.80 bits per heavy atom. The number of benzene rings is 1. The molecule has 0 aliphatic heterocycles. The van der Waals surface area contributed by atoms with Crippen LogP contribution >= 0.6 is 0 Å². The third-order valence-corrected chi connectivity index (χ3v) is 3.51. The summed E-state index contributed by atoms with van der Waals surface area (Å²) in [5.41, 5.74) is 5.82. The molecule has 3 rings (SSSR count). The molecule has 0 unspecified atom stereocenters. The van der Waals surface area contributed by atoms with Crippen molar-refractivity contribution >= 4 is 11.0 Å². The summed E-state index contributed by atoms with van der Waals surface area (Å²) in [4.78, 5) is 4.62. The molecular weight excluding hydrogens is 246 g/mol. The van der Waals surface area contributed by atoms with Crippen LogP contribution in [-0.2, 0) is 0 Å². The topological polar surface area (TPSA) is 41.6 Å². The van der Waals surface area contributed by atoms with Crippen molar-refractivity contribution in [3.8, 4) is 11.8 Å². The van der Waals surface area contributed by atoms with Gasteiger partial charge in [0.25, 0.3) is 0 Å². The van der Waals surface area contributed by atoms with E-state index < -0.39 is 0 Å². The molecule has 20 heavy (non-hydrogen) atoms. The van der Waals surface area contributed by atoms with Gasteiger partial charge in [-0.3, -0.25) is 4.57 Å². The van der Waals surface area contributed by atoms with Gasteiger partial charge in [0, 0.05) is 23.0 Å². The minimum Gasteiger partial charge on any atom is -0.300 e. The second-order valence-electron chi connectivity index (χ2n) is 5.14. The SMILES string of the molecule is Cc1ccc(-n2cc(C#N)c3c(C)cc(C)nc32)cc1. The summed E-state index contributed by atoms with van der Waals surface area (Å²) in [6.07, 6.45) is 1.87. The maximum absolute atomic E-state index is 9.34. The number of aromatic nitrogens is 2. The number of pyridine rings is 1. The summed E-state index contributed by atoms with van der Waals surface area (Å²) in [5.74, 6) is 0. The van der Waals surface area contributed by atoms with E-state index in [1.165, 1.54) is 5.56 Å². The van der Waals surface area contributed by atoms with Crippen LogP contribution in [0.5, 0.6) is 0 Å². The molecule has 0 bridgehead atoms. The fourth-order valence-corrected chi connectivity index (χ4v) is 2.57. The third kappa shape index (κ3) is 1.86. The van der Waals surface area contributed by atoms with Crippen molar-refractivity contribution in [3.05, 3.63) is 58.9 Å². The van der Waals surface area contributed by atoms with Gasteiger partial charge in [0.1, 0.15) is 11.7 Å². The highest BCUT2D eigenvalue weighted by atomic mass is 15.0. The van der Waals surface area contributed by atoms with Crippen LogP contribution in [0, 0.1) is 32.1 Å². The summed E-state index contributed by atoms with van der Waals surface area (Å²) in [6.45, 7) is 6.06. The Balaban J connectivity index is 2.37. The van der Waals surface area contributed by atoms with Crippen molar-refractivity contribution in [2.24, 2.45) is 0 Å². The molecule has 0 radical (unpaired) electrons. The van der Waals surface area contributed by atoms with E-state index in [0.29, 0.717) is 5.56 Å². The van der Waals surface area contributed by atoms with E-state index in [1.54, 1.807) is 0 Å². The smallest absolute Gasteiger partial charge is 0.146 e. The van der Waals surface area contributed by atoms with E-state index in [4.69, 9.17) is 0 Å². The monoisotopic (exact) mass is 261 g/mol. The van der Waals surface area contributed by atoms with Gasteiger partial charge in [-0.15, -0.1) is 0 Å². The Bertz CT molecular complexity index is 833. The second-order valence-corrected chi connectivity index (χ2v) is 5.14. The molecule has 98 valence electrons. The molecule has 0 saturated heterocycles. The predicted octanol–water partition coefficient (Wildman–Crippen LogP) is 3.82. The number of hydrogen-bond acceptors (Lipinski definition) is 2. The predicted molar refractivity (Wildman–Crippen MR) is 80.0 cm³/mol. The second kappa shape index (κ2) is 4.50. The lowest BCUT2D eigenvalue weighted by atomic mass is 10.1. The molecule has 2 aromatic heterocycles. The molecule has 3 nitrogen and oxygen atoms in total. The van der Waals surface area contributed by atoms with Gasteiger partial charge in [-0.1, -0.05) is 17.7 Å². The molecule has 0 amide bonds. The summed E-state index contributed by atoms with van der Waals surface area (Å²) < 4.78 is 1.99. The molecule has 0 N–H and O–H groups in total. The van der Waals surface area contributed by atoms with Gasteiger partial charge in [-0.2, -0.15) is 5.26 Å². The normalized spacial score (nSPS) is 10.7. The Morgan fingerprint density at radius 3 is 2.45 bits per heavy atom. The first-order chi connectivity index (χ1) is 9.60. The number of rotatable bonds is 1. The average Bonchev–Trinajstić information content (AvgIpc) is 2.78. The molecule has 2 heterocycles. The Morgan fingerprint density at radius 1 is 1.10 bits per heavy atom. The van der Waals surface area contributed by atoms with Crippen LogP contribution in [-0.4, -0.2) is 9.55 Å². The van der Waals surface area contributed by atoms with Crippen molar-refractivity contribution in [1.82, 2.24) is 9.55 Å². The van der Waals surface area contributed by atoms with Crippen molar-refractivity contribution in [3.63, 3.8) is 0 Å². The molecule has 1 aromatic carbocycles. The van der Waals surface area contributed by atoms with Crippen molar-refractivity contribution in [2.75, 3.05) is 0 Å². The Kier molecular flexibility index (Phi) is 2.80. The highest BCUT2D eigenvalue weighted by molar-refractivity contribution is 5.88. The van der Waals surface area contributed by atoms with Gasteiger partial charge in [-0.25, -0.2) is 4.98 Å². The Labute approximate surface area is 118 Å². The standard InChI is InChI=1S/C17H15N3/c1-11-4-6-15(7-5-11)20-10-14(9-18)16-12(2)8-13(3)19-17(16)20/h4-8,10H,1-3H3. The van der Waals surface area contributed by atoms with Crippen LogP contribution < -0.4 is 0 Å². The molecule has 3 aromatic rings. The fraction of sp³-hybridized carbons (Fsp3) is 0.176. The highest BCUT2D eigenvalue weighted by Crippen LogP contribution is 2.26. The van der Waals surface area contributed by atoms with Gasteiger partial charge in [-0.05, 0) is 44.5 Å². The van der Waals surface area contributed by atoms with Gasteiger partial charge in [0.2, 0.25) is 0 Å². The van der Waals surface area contributed by atoms with Crippen molar-refractivity contribution in [2.45, 2.75) is 20.8 Å². The molecule has 0 atom stereocenters. The summed E-state index contributed by atoms with van der Waals surface area (Å²) >= 11 is 0. The van der Waals surface area contributed by atoms with E-state index in [0.717, 1.165) is 28.0 Å². The van der Waals surface area contributed by atoms with Gasteiger partial charge >= 0.3 is 0 Å². The van der Waals surface area contributed by atoms with Crippen LogP contribution in [0.2, 0.25) is 0 Å². The highest BCUT2D eigenvalue weighted by Gasteiger charge is 2.13. The lowest BCUT2D eigenvalue weighted by Crippen LogP contribution is -1.95. The first kappa shape index (κ1) is 12.4. The largest absolute Gasteiger partial charge is 0.300 e. The summed E-state index contributed by atoms with van der Waals surface area (Å²) in [6, 6.07) is 12.5. The lowest BCUT2D eigenvalue weighted by Gasteiger charge is -2.06. The Hall–Kier alpha value is -2.60. The average molecular weight is 261 g/mol. The number of aryl methyl sites for hydroxylation is 3. The van der Waals surface area contributed by atoms with Crippen LogP contribution in [0.15, 0.2) is 36.5 Å². The molecule has 3 heteroatoms. The summed E-state index contributed by atoms with van der Waals surface area (Å²) in [5, 5.41) is 10.3. The van der Waals surface area contributed by atoms with Crippen LogP contribution in [0.3, 0.4) is 0 Å². The third-order valence-electron chi connectivity index (χ3n) is 3.51. The maximum atomic E-state index is 9.34.